The first-order valence-corrected chi connectivity index (χ1v) is 6.70. The number of nitrogens with zero attached hydrogens (tertiary/aromatic N) is 1. The maximum atomic E-state index is 4.53. The van der Waals surface area contributed by atoms with Crippen LogP contribution < -0.4 is 5.32 Å². The predicted molar refractivity (Wildman–Crippen MR) is 70.3 cm³/mol. The molecule has 0 aliphatic carbocycles. The van der Waals surface area contributed by atoms with E-state index in [-0.39, 0.29) is 0 Å². The Hall–Kier alpha value is -0.480. The van der Waals surface area contributed by atoms with Gasteiger partial charge in [0.25, 0.3) is 0 Å². The Morgan fingerprint density at radius 2 is 2.47 bits per heavy atom. The molecule has 1 N–H and O–H groups in total. The summed E-state index contributed by atoms with van der Waals surface area (Å²) in [5.41, 5.74) is 1.24. The van der Waals surface area contributed by atoms with Crippen molar-refractivity contribution in [2.75, 3.05) is 5.75 Å². The standard InChI is InChI=1S/C11H13BrN2S/c1-8-7-15-11(14-8)13-6-9-3-2-4-10(12)5-9/h2-5,8H,6-7H2,1H3,(H,13,14). The summed E-state index contributed by atoms with van der Waals surface area (Å²) >= 11 is 5.26. The van der Waals surface area contributed by atoms with Gasteiger partial charge in [0, 0.05) is 16.3 Å². The van der Waals surface area contributed by atoms with Crippen molar-refractivity contribution in [2.45, 2.75) is 19.5 Å². The van der Waals surface area contributed by atoms with Crippen LogP contribution in [0.15, 0.2) is 33.7 Å². The van der Waals surface area contributed by atoms with E-state index in [4.69, 9.17) is 0 Å². The highest BCUT2D eigenvalue weighted by atomic mass is 79.9. The van der Waals surface area contributed by atoms with Crippen LogP contribution in [0.4, 0.5) is 0 Å². The van der Waals surface area contributed by atoms with E-state index >= 15 is 0 Å². The molecule has 80 valence electrons. The Morgan fingerprint density at radius 3 is 3.13 bits per heavy atom. The maximum absolute atomic E-state index is 4.53. The molecular weight excluding hydrogens is 272 g/mol. The van der Waals surface area contributed by atoms with Crippen molar-refractivity contribution < 1.29 is 0 Å². The number of amidine groups is 1. The van der Waals surface area contributed by atoms with Crippen molar-refractivity contribution in [2.24, 2.45) is 4.99 Å². The van der Waals surface area contributed by atoms with Crippen molar-refractivity contribution in [3.8, 4) is 0 Å². The molecule has 0 saturated carbocycles. The van der Waals surface area contributed by atoms with Gasteiger partial charge >= 0.3 is 0 Å². The van der Waals surface area contributed by atoms with Gasteiger partial charge in [-0.3, -0.25) is 4.99 Å². The largest absolute Gasteiger partial charge is 0.362 e. The molecule has 0 radical (unpaired) electrons. The molecule has 2 nitrogen and oxygen atoms in total. The molecule has 1 aromatic carbocycles. The summed E-state index contributed by atoms with van der Waals surface area (Å²) in [5, 5.41) is 4.41. The Labute approximate surface area is 103 Å². The van der Waals surface area contributed by atoms with E-state index in [1.165, 1.54) is 5.56 Å². The Kier molecular flexibility index (Phi) is 3.70. The molecule has 1 atom stereocenters. The number of hydrogen-bond acceptors (Lipinski definition) is 2. The monoisotopic (exact) mass is 284 g/mol. The lowest BCUT2D eigenvalue weighted by Gasteiger charge is -2.01. The fraction of sp³-hybridized carbons (Fsp3) is 0.364. The quantitative estimate of drug-likeness (QED) is 0.903. The van der Waals surface area contributed by atoms with Gasteiger partial charge in [-0.25, -0.2) is 0 Å². The third-order valence-electron chi connectivity index (χ3n) is 2.13. The highest BCUT2D eigenvalue weighted by Gasteiger charge is 2.14. The average molecular weight is 285 g/mol. The van der Waals surface area contributed by atoms with E-state index in [0.29, 0.717) is 6.04 Å². The molecule has 1 aromatic rings. The van der Waals surface area contributed by atoms with Crippen LogP contribution in [-0.4, -0.2) is 17.0 Å². The smallest absolute Gasteiger partial charge is 0.157 e. The van der Waals surface area contributed by atoms with Crippen LogP contribution in [-0.2, 0) is 6.54 Å². The van der Waals surface area contributed by atoms with Gasteiger partial charge in [0.1, 0.15) is 0 Å². The second kappa shape index (κ2) is 5.03. The molecule has 0 amide bonds. The third-order valence-corrected chi connectivity index (χ3v) is 3.81. The summed E-state index contributed by atoms with van der Waals surface area (Å²) < 4.78 is 1.11. The Balaban J connectivity index is 1.98. The fourth-order valence-corrected chi connectivity index (χ4v) is 2.77. The molecule has 1 unspecified atom stereocenters. The van der Waals surface area contributed by atoms with Gasteiger partial charge in [-0.15, -0.1) is 0 Å². The summed E-state index contributed by atoms with van der Waals surface area (Å²) in [6, 6.07) is 8.82. The van der Waals surface area contributed by atoms with Crippen LogP contribution in [0.25, 0.3) is 0 Å². The molecule has 1 heterocycles. The highest BCUT2D eigenvalue weighted by Crippen LogP contribution is 2.16. The van der Waals surface area contributed by atoms with Gasteiger partial charge in [0.15, 0.2) is 5.17 Å². The molecule has 2 rings (SSSR count). The Morgan fingerprint density at radius 1 is 1.60 bits per heavy atom. The van der Waals surface area contributed by atoms with Gasteiger partial charge in [-0.05, 0) is 24.6 Å². The van der Waals surface area contributed by atoms with Gasteiger partial charge in [-0.1, -0.05) is 39.8 Å². The third kappa shape index (κ3) is 3.24. The molecule has 0 spiro atoms. The van der Waals surface area contributed by atoms with E-state index in [9.17, 15) is 0 Å². The van der Waals surface area contributed by atoms with Crippen LogP contribution in [0, 0.1) is 0 Å². The molecule has 1 aliphatic heterocycles. The topological polar surface area (TPSA) is 24.4 Å². The summed E-state index contributed by atoms with van der Waals surface area (Å²) in [5.74, 6) is 1.12. The second-order valence-corrected chi connectivity index (χ2v) is 5.53. The number of hydrogen-bond donors (Lipinski definition) is 1. The lowest BCUT2D eigenvalue weighted by molar-refractivity contribution is 0.764. The number of rotatable bonds is 2. The lowest BCUT2D eigenvalue weighted by Crippen LogP contribution is -2.23. The normalized spacial score (nSPS) is 23.1. The molecule has 1 saturated heterocycles. The van der Waals surface area contributed by atoms with Crippen LogP contribution in [0.1, 0.15) is 12.5 Å². The van der Waals surface area contributed by atoms with Crippen LogP contribution in [0.3, 0.4) is 0 Å². The van der Waals surface area contributed by atoms with E-state index in [1.807, 2.05) is 12.1 Å². The minimum Gasteiger partial charge on any atom is -0.362 e. The van der Waals surface area contributed by atoms with Crippen molar-refractivity contribution in [1.29, 1.82) is 0 Å². The zero-order valence-electron chi connectivity index (χ0n) is 8.53. The second-order valence-electron chi connectivity index (χ2n) is 3.61. The number of thioether (sulfide) groups is 1. The zero-order valence-corrected chi connectivity index (χ0v) is 10.9. The van der Waals surface area contributed by atoms with Gasteiger partial charge in [0.05, 0.1) is 6.54 Å². The number of nitrogens with one attached hydrogen (secondary N) is 1. The van der Waals surface area contributed by atoms with Crippen molar-refractivity contribution >= 4 is 32.9 Å². The van der Waals surface area contributed by atoms with Crippen LogP contribution in [0.5, 0.6) is 0 Å². The average Bonchev–Trinajstić information content (AvgIpc) is 2.62. The van der Waals surface area contributed by atoms with Gasteiger partial charge < -0.3 is 5.32 Å². The lowest BCUT2D eigenvalue weighted by atomic mass is 10.2. The number of halogens is 1. The first kappa shape index (κ1) is 11.0. The molecule has 0 aromatic heterocycles. The van der Waals surface area contributed by atoms with E-state index in [0.717, 1.165) is 21.9 Å². The summed E-state index contributed by atoms with van der Waals surface area (Å²) in [6.07, 6.45) is 0. The summed E-state index contributed by atoms with van der Waals surface area (Å²) in [6.45, 7) is 2.93. The molecule has 1 fully saturated rings. The van der Waals surface area contributed by atoms with Gasteiger partial charge in [-0.2, -0.15) is 0 Å². The van der Waals surface area contributed by atoms with E-state index < -0.39 is 0 Å². The number of aliphatic imine (C=N–C) groups is 1. The summed E-state index contributed by atoms with van der Waals surface area (Å²) in [7, 11) is 0. The SMILES string of the molecule is CC1CSC(=NCc2cccc(Br)c2)N1. The summed E-state index contributed by atoms with van der Waals surface area (Å²) in [4.78, 5) is 4.53. The maximum Gasteiger partial charge on any atom is 0.157 e. The van der Waals surface area contributed by atoms with E-state index in [1.54, 1.807) is 11.8 Å². The Bertz CT molecular complexity index is 379. The van der Waals surface area contributed by atoms with E-state index in [2.05, 4.69) is 45.3 Å². The minimum absolute atomic E-state index is 0.552. The van der Waals surface area contributed by atoms with Crippen LogP contribution >= 0.6 is 27.7 Å². The highest BCUT2D eigenvalue weighted by molar-refractivity contribution is 9.10. The number of benzene rings is 1. The fourth-order valence-electron chi connectivity index (χ4n) is 1.39. The first-order chi connectivity index (χ1) is 7.24. The minimum atomic E-state index is 0.552. The van der Waals surface area contributed by atoms with Crippen molar-refractivity contribution in [3.05, 3.63) is 34.3 Å². The van der Waals surface area contributed by atoms with Gasteiger partial charge in [0.2, 0.25) is 0 Å². The first-order valence-electron chi connectivity index (χ1n) is 4.92. The van der Waals surface area contributed by atoms with Crippen molar-refractivity contribution in [1.82, 2.24) is 5.32 Å². The zero-order chi connectivity index (χ0) is 10.7. The molecule has 1 aliphatic rings. The molecule has 15 heavy (non-hydrogen) atoms. The predicted octanol–water partition coefficient (Wildman–Crippen LogP) is 3.03. The van der Waals surface area contributed by atoms with Crippen LogP contribution in [0.2, 0.25) is 0 Å². The molecular formula is C11H13BrN2S. The molecule has 0 bridgehead atoms. The van der Waals surface area contributed by atoms with Crippen molar-refractivity contribution in [3.63, 3.8) is 0 Å². The molecule has 4 heteroatoms.